The lowest BCUT2D eigenvalue weighted by Crippen LogP contribution is -2.37. The van der Waals surface area contributed by atoms with E-state index in [1.165, 1.54) is 70.6 Å². The number of rotatable bonds is 47. The maximum absolute atomic E-state index is 12.7. The van der Waals surface area contributed by atoms with Crippen molar-refractivity contribution in [2.75, 3.05) is 47.5 Å². The highest BCUT2D eigenvalue weighted by molar-refractivity contribution is 7.45. The molecule has 0 aromatic rings. The van der Waals surface area contributed by atoms with E-state index in [0.29, 0.717) is 17.4 Å². The summed E-state index contributed by atoms with van der Waals surface area (Å²) in [4.78, 5) is 37.6. The molecule has 9 nitrogen and oxygen atoms in total. The first kappa shape index (κ1) is 63.9. The second-order valence-corrected chi connectivity index (χ2v) is 19.9. The Labute approximate surface area is 411 Å². The zero-order valence-corrected chi connectivity index (χ0v) is 44.2. The highest BCUT2D eigenvalue weighted by atomic mass is 31.2. The number of esters is 2. The molecule has 384 valence electrons. The van der Waals surface area contributed by atoms with E-state index in [9.17, 15) is 19.0 Å². The highest BCUT2D eigenvalue weighted by Crippen LogP contribution is 2.38. The number of likely N-dealkylation sites (N-methyl/N-ethyl adjacent to an activating group) is 1. The van der Waals surface area contributed by atoms with Gasteiger partial charge >= 0.3 is 11.9 Å². The minimum Gasteiger partial charge on any atom is -0.756 e. The Balaban J connectivity index is 4.14. The molecule has 0 aliphatic carbocycles. The third-order valence-electron chi connectivity index (χ3n) is 10.9. The fourth-order valence-electron chi connectivity index (χ4n) is 6.79. The van der Waals surface area contributed by atoms with Crippen molar-refractivity contribution in [1.29, 1.82) is 0 Å². The molecule has 0 spiro atoms. The largest absolute Gasteiger partial charge is 0.756 e. The van der Waals surface area contributed by atoms with Crippen LogP contribution in [-0.4, -0.2) is 70.0 Å². The fourth-order valence-corrected chi connectivity index (χ4v) is 7.52. The maximum Gasteiger partial charge on any atom is 0.306 e. The van der Waals surface area contributed by atoms with Crippen molar-refractivity contribution in [2.45, 2.75) is 206 Å². The van der Waals surface area contributed by atoms with Gasteiger partial charge in [0.2, 0.25) is 0 Å². The summed E-state index contributed by atoms with van der Waals surface area (Å²) in [6.07, 6.45) is 64.5. The number of quaternary nitrogens is 1. The van der Waals surface area contributed by atoms with Crippen LogP contribution in [0.25, 0.3) is 0 Å². The summed E-state index contributed by atoms with van der Waals surface area (Å²) < 4.78 is 34.0. The monoisotopic (exact) mass is 956 g/mol. The van der Waals surface area contributed by atoms with Gasteiger partial charge in [-0.15, -0.1) is 0 Å². The van der Waals surface area contributed by atoms with E-state index in [2.05, 4.69) is 111 Å². The normalized spacial score (nSPS) is 14.2. The molecule has 0 radical (unpaired) electrons. The molecule has 0 bridgehead atoms. The van der Waals surface area contributed by atoms with Crippen LogP contribution in [0.4, 0.5) is 0 Å². The van der Waals surface area contributed by atoms with E-state index in [1.807, 2.05) is 21.1 Å². The molecule has 0 saturated carbocycles. The number of nitrogens with zero attached hydrogens (tertiary/aromatic N) is 1. The van der Waals surface area contributed by atoms with Crippen molar-refractivity contribution in [2.24, 2.45) is 0 Å². The Morgan fingerprint density at radius 1 is 0.478 bits per heavy atom. The molecule has 2 atom stereocenters. The molecular weight excluding hydrogens is 858 g/mol. The Hall–Kier alpha value is -3.07. The standard InChI is InChI=1S/C57H98NO8P/c1-6-8-10-12-14-16-18-19-20-21-22-23-24-25-26-27-28-29-30-31-32-33-34-35-36-37-38-39-40-42-44-46-48-50-57(60)66-55(54-65-67(61,62)64-52-51-58(3,4)5)53-63-56(59)49-47-45-43-41-17-15-13-11-9-7-2/h8,10,14,16,19-20,22-23,25-26,28-29,31-32,34-35,55H,6-7,9,11-13,15,17-18,21,24,27,30,33,36-54H2,1-5H3/b10-8-,16-14-,20-19-,23-22-,26-25-,29-28-,32-31-,35-34-. The van der Waals surface area contributed by atoms with Gasteiger partial charge in [-0.3, -0.25) is 14.2 Å². The molecule has 0 N–H and O–H groups in total. The molecule has 0 heterocycles. The van der Waals surface area contributed by atoms with E-state index < -0.39 is 32.5 Å². The summed E-state index contributed by atoms with van der Waals surface area (Å²) in [5.41, 5.74) is 0. The Morgan fingerprint density at radius 3 is 1.27 bits per heavy atom. The predicted octanol–water partition coefficient (Wildman–Crippen LogP) is 15.5. The number of allylic oxidation sites excluding steroid dienone is 16. The van der Waals surface area contributed by atoms with Gasteiger partial charge in [-0.05, 0) is 77.0 Å². The first-order valence-electron chi connectivity index (χ1n) is 26.4. The van der Waals surface area contributed by atoms with Crippen LogP contribution in [-0.2, 0) is 32.7 Å². The van der Waals surface area contributed by atoms with Gasteiger partial charge in [-0.1, -0.05) is 207 Å². The number of hydrogen-bond acceptors (Lipinski definition) is 8. The van der Waals surface area contributed by atoms with Gasteiger partial charge in [0, 0.05) is 12.8 Å². The molecule has 2 unspecified atom stereocenters. The van der Waals surface area contributed by atoms with Crippen LogP contribution in [0.5, 0.6) is 0 Å². The maximum atomic E-state index is 12.7. The second-order valence-electron chi connectivity index (χ2n) is 18.5. The molecule has 0 amide bonds. The molecule has 0 saturated heterocycles. The third-order valence-corrected chi connectivity index (χ3v) is 11.8. The summed E-state index contributed by atoms with van der Waals surface area (Å²) in [7, 11) is 1.15. The number of unbranched alkanes of at least 4 members (excludes halogenated alkanes) is 17. The first-order chi connectivity index (χ1) is 32.5. The quantitative estimate of drug-likeness (QED) is 0.0195. The average Bonchev–Trinajstić information content (AvgIpc) is 3.29. The summed E-state index contributed by atoms with van der Waals surface area (Å²) in [5.74, 6) is -0.850. The lowest BCUT2D eigenvalue weighted by Gasteiger charge is -2.28. The van der Waals surface area contributed by atoms with Crippen molar-refractivity contribution in [3.8, 4) is 0 Å². The van der Waals surface area contributed by atoms with Crippen molar-refractivity contribution in [3.63, 3.8) is 0 Å². The second kappa shape index (κ2) is 48.0. The van der Waals surface area contributed by atoms with Gasteiger partial charge in [0.05, 0.1) is 27.7 Å². The van der Waals surface area contributed by atoms with Crippen LogP contribution >= 0.6 is 7.82 Å². The average molecular weight is 956 g/mol. The van der Waals surface area contributed by atoms with Gasteiger partial charge in [0.15, 0.2) is 6.10 Å². The molecule has 0 aliphatic rings. The molecule has 0 aliphatic heterocycles. The van der Waals surface area contributed by atoms with Gasteiger partial charge in [-0.25, -0.2) is 0 Å². The summed E-state index contributed by atoms with van der Waals surface area (Å²) >= 11 is 0. The minimum absolute atomic E-state index is 0.0360. The SMILES string of the molecule is CC/C=C\C/C=C\C/C=C\C/C=C\C/C=C\C/C=C\C/C=C\C/C=C\CCCCCCCCCCC(=O)OC(COC(=O)CCCCCCCCCCCC)COP(=O)([O-])OCC[N+](C)(C)C. The van der Waals surface area contributed by atoms with E-state index in [1.54, 1.807) is 0 Å². The van der Waals surface area contributed by atoms with Gasteiger partial charge in [-0.2, -0.15) is 0 Å². The van der Waals surface area contributed by atoms with E-state index in [-0.39, 0.29) is 26.1 Å². The van der Waals surface area contributed by atoms with Crippen molar-refractivity contribution in [3.05, 3.63) is 97.2 Å². The smallest absolute Gasteiger partial charge is 0.306 e. The molecule has 67 heavy (non-hydrogen) atoms. The van der Waals surface area contributed by atoms with Crippen molar-refractivity contribution in [1.82, 2.24) is 0 Å². The Bertz CT molecular complexity index is 1450. The number of phosphoric ester groups is 1. The molecular formula is C57H98NO8P. The van der Waals surface area contributed by atoms with E-state index in [4.69, 9.17) is 18.5 Å². The number of carbonyl (C=O) groups excluding carboxylic acids is 2. The van der Waals surface area contributed by atoms with Crippen LogP contribution in [0, 0.1) is 0 Å². The lowest BCUT2D eigenvalue weighted by atomic mass is 10.1. The van der Waals surface area contributed by atoms with Crippen LogP contribution < -0.4 is 4.89 Å². The zero-order valence-electron chi connectivity index (χ0n) is 43.3. The van der Waals surface area contributed by atoms with E-state index >= 15 is 0 Å². The fraction of sp³-hybridized carbons (Fsp3) is 0.684. The molecule has 0 rings (SSSR count). The van der Waals surface area contributed by atoms with Crippen molar-refractivity contribution >= 4 is 19.8 Å². The number of ether oxygens (including phenoxy) is 2. The van der Waals surface area contributed by atoms with Crippen molar-refractivity contribution < 1.29 is 42.1 Å². The molecule has 10 heteroatoms. The first-order valence-corrected chi connectivity index (χ1v) is 27.9. The minimum atomic E-state index is -4.63. The summed E-state index contributed by atoms with van der Waals surface area (Å²) in [5, 5.41) is 0. The summed E-state index contributed by atoms with van der Waals surface area (Å²) in [6, 6.07) is 0. The van der Waals surface area contributed by atoms with Crippen LogP contribution in [0.3, 0.4) is 0 Å². The topological polar surface area (TPSA) is 111 Å². The van der Waals surface area contributed by atoms with Crippen LogP contribution in [0.15, 0.2) is 97.2 Å². The Morgan fingerprint density at radius 2 is 0.851 bits per heavy atom. The van der Waals surface area contributed by atoms with Crippen LogP contribution in [0.2, 0.25) is 0 Å². The van der Waals surface area contributed by atoms with Crippen LogP contribution in [0.1, 0.15) is 200 Å². The highest BCUT2D eigenvalue weighted by Gasteiger charge is 2.21. The molecule has 0 aromatic heterocycles. The molecule has 0 aromatic carbocycles. The van der Waals surface area contributed by atoms with Gasteiger partial charge in [0.1, 0.15) is 19.8 Å². The number of phosphoric acid groups is 1. The van der Waals surface area contributed by atoms with Gasteiger partial charge in [0.25, 0.3) is 7.82 Å². The lowest BCUT2D eigenvalue weighted by molar-refractivity contribution is -0.870. The zero-order chi connectivity index (χ0) is 49.2. The summed E-state index contributed by atoms with van der Waals surface area (Å²) in [6.45, 7) is 4.08. The molecule has 0 fully saturated rings. The Kier molecular flexibility index (Phi) is 45.8. The number of carbonyl (C=O) groups is 2. The number of hydrogen-bond donors (Lipinski definition) is 0. The predicted molar refractivity (Wildman–Crippen MR) is 282 cm³/mol. The third kappa shape index (κ3) is 52.2. The van der Waals surface area contributed by atoms with E-state index in [0.717, 1.165) is 96.3 Å². The van der Waals surface area contributed by atoms with Gasteiger partial charge < -0.3 is 27.9 Å².